The van der Waals surface area contributed by atoms with E-state index < -0.39 is 0 Å². The van der Waals surface area contributed by atoms with Crippen molar-refractivity contribution in [1.29, 1.82) is 0 Å². The van der Waals surface area contributed by atoms with E-state index in [0.29, 0.717) is 12.5 Å². The first-order chi connectivity index (χ1) is 9.11. The molecule has 0 radical (unpaired) electrons. The Morgan fingerprint density at radius 2 is 2.16 bits per heavy atom. The number of nitrogens with one attached hydrogen (secondary N) is 1. The summed E-state index contributed by atoms with van der Waals surface area (Å²) in [5.74, 6) is 0.476. The average molecular weight is 269 g/mol. The lowest BCUT2D eigenvalue weighted by Gasteiger charge is -2.35. The van der Waals surface area contributed by atoms with Crippen LogP contribution in [0.5, 0.6) is 0 Å². The molecule has 2 aliphatic heterocycles. The van der Waals surface area contributed by atoms with Crippen molar-refractivity contribution in [3.8, 4) is 0 Å². The minimum atomic E-state index is 0.0116. The molecule has 2 heterocycles. The lowest BCUT2D eigenvalue weighted by molar-refractivity contribution is -0.149. The van der Waals surface area contributed by atoms with Gasteiger partial charge in [0.15, 0.2) is 0 Å². The van der Waals surface area contributed by atoms with Crippen LogP contribution in [-0.4, -0.2) is 74.1 Å². The van der Waals surface area contributed by atoms with Crippen LogP contribution in [0.3, 0.4) is 0 Å². The monoisotopic (exact) mass is 269 g/mol. The van der Waals surface area contributed by atoms with Crippen molar-refractivity contribution in [3.63, 3.8) is 0 Å². The van der Waals surface area contributed by atoms with Crippen LogP contribution in [0.2, 0.25) is 0 Å². The molecule has 0 aromatic carbocycles. The number of hydrogen-bond donors (Lipinski definition) is 1. The van der Waals surface area contributed by atoms with Crippen molar-refractivity contribution in [2.45, 2.75) is 19.4 Å². The highest BCUT2D eigenvalue weighted by molar-refractivity contribution is 5.92. The maximum atomic E-state index is 12.0. The molecular formula is C13H23N3O3. The van der Waals surface area contributed by atoms with Gasteiger partial charge in [-0.2, -0.15) is 0 Å². The predicted octanol–water partition coefficient (Wildman–Crippen LogP) is -0.698. The lowest BCUT2D eigenvalue weighted by Crippen LogP contribution is -2.56. The molecular weight excluding hydrogens is 246 g/mol. The molecule has 0 aromatic heterocycles. The Bertz CT molecular complexity index is 342. The molecule has 2 rings (SSSR count). The van der Waals surface area contributed by atoms with Crippen molar-refractivity contribution < 1.29 is 14.3 Å². The molecule has 108 valence electrons. The van der Waals surface area contributed by atoms with Gasteiger partial charge in [-0.1, -0.05) is 6.92 Å². The van der Waals surface area contributed by atoms with Gasteiger partial charge in [-0.05, 0) is 13.0 Å². The molecule has 2 unspecified atom stereocenters. The first-order valence-corrected chi connectivity index (χ1v) is 6.94. The van der Waals surface area contributed by atoms with Crippen LogP contribution in [0.4, 0.5) is 0 Å². The van der Waals surface area contributed by atoms with Gasteiger partial charge in [-0.3, -0.25) is 9.59 Å². The summed E-state index contributed by atoms with van der Waals surface area (Å²) in [6.45, 7) is 5.44. The van der Waals surface area contributed by atoms with Gasteiger partial charge in [-0.25, -0.2) is 0 Å². The van der Waals surface area contributed by atoms with Gasteiger partial charge in [-0.15, -0.1) is 0 Å². The molecule has 0 aliphatic carbocycles. The quantitative estimate of drug-likeness (QED) is 0.717. The second-order valence-corrected chi connectivity index (χ2v) is 5.31. The molecule has 0 aromatic rings. The molecule has 6 nitrogen and oxygen atoms in total. The van der Waals surface area contributed by atoms with Gasteiger partial charge in [0.1, 0.15) is 0 Å². The number of nitrogens with zero attached hydrogens (tertiary/aromatic N) is 2. The van der Waals surface area contributed by atoms with Crippen LogP contribution in [-0.2, 0) is 14.3 Å². The third-order valence-electron chi connectivity index (χ3n) is 3.89. The van der Waals surface area contributed by atoms with Crippen LogP contribution in [0.25, 0.3) is 0 Å². The standard InChI is InChI=1S/C13H23N3O3/c1-3-14-11(10-4-5-19-9-10)6-16-8-12(17)15(2)7-13(16)18/h10-11,14H,3-9H2,1-2H3. The SMILES string of the molecule is CCNC(CN1CC(=O)N(C)CC1=O)C1CCOC1. The van der Waals surface area contributed by atoms with E-state index in [1.165, 1.54) is 4.90 Å². The maximum Gasteiger partial charge on any atom is 0.242 e. The van der Waals surface area contributed by atoms with Gasteiger partial charge in [0.05, 0.1) is 19.7 Å². The number of amides is 2. The number of piperazine rings is 1. The highest BCUT2D eigenvalue weighted by Gasteiger charge is 2.32. The maximum absolute atomic E-state index is 12.0. The van der Waals surface area contributed by atoms with Crippen LogP contribution >= 0.6 is 0 Å². The van der Waals surface area contributed by atoms with Crippen LogP contribution in [0.15, 0.2) is 0 Å². The predicted molar refractivity (Wildman–Crippen MR) is 70.6 cm³/mol. The van der Waals surface area contributed by atoms with Crippen LogP contribution in [0, 0.1) is 5.92 Å². The zero-order valence-corrected chi connectivity index (χ0v) is 11.7. The summed E-state index contributed by atoms with van der Waals surface area (Å²) >= 11 is 0. The van der Waals surface area contributed by atoms with Crippen LogP contribution in [0.1, 0.15) is 13.3 Å². The Labute approximate surface area is 114 Å². The van der Waals surface area contributed by atoms with E-state index >= 15 is 0 Å². The van der Waals surface area contributed by atoms with E-state index in [2.05, 4.69) is 12.2 Å². The Hall–Kier alpha value is -1.14. The number of carbonyl (C=O) groups is 2. The Morgan fingerprint density at radius 1 is 1.37 bits per heavy atom. The number of rotatable bonds is 5. The van der Waals surface area contributed by atoms with Gasteiger partial charge < -0.3 is 19.9 Å². The fourth-order valence-corrected chi connectivity index (χ4v) is 2.68. The first kappa shape index (κ1) is 14.3. The highest BCUT2D eigenvalue weighted by atomic mass is 16.5. The molecule has 2 atom stereocenters. The Kier molecular flexibility index (Phi) is 4.76. The third-order valence-corrected chi connectivity index (χ3v) is 3.89. The molecule has 0 saturated carbocycles. The van der Waals surface area contributed by atoms with Crippen molar-refractivity contribution in [3.05, 3.63) is 0 Å². The van der Waals surface area contributed by atoms with Crippen molar-refractivity contribution in [2.24, 2.45) is 5.92 Å². The third kappa shape index (κ3) is 3.45. The summed E-state index contributed by atoms with van der Waals surface area (Å²) in [6, 6.07) is 0.215. The molecule has 2 fully saturated rings. The molecule has 2 amide bonds. The van der Waals surface area contributed by atoms with E-state index in [9.17, 15) is 9.59 Å². The summed E-state index contributed by atoms with van der Waals surface area (Å²) in [5.41, 5.74) is 0. The average Bonchev–Trinajstić information content (AvgIpc) is 2.89. The normalized spacial score (nSPS) is 26.1. The van der Waals surface area contributed by atoms with Crippen molar-refractivity contribution in [2.75, 3.05) is 46.4 Å². The zero-order chi connectivity index (χ0) is 13.8. The molecule has 0 spiro atoms. The van der Waals surface area contributed by atoms with Crippen molar-refractivity contribution >= 4 is 11.8 Å². The van der Waals surface area contributed by atoms with Gasteiger partial charge >= 0.3 is 0 Å². The largest absolute Gasteiger partial charge is 0.381 e. The highest BCUT2D eigenvalue weighted by Crippen LogP contribution is 2.18. The molecule has 2 saturated heterocycles. The fourth-order valence-electron chi connectivity index (χ4n) is 2.68. The van der Waals surface area contributed by atoms with E-state index in [1.807, 2.05) is 0 Å². The number of hydrogen-bond acceptors (Lipinski definition) is 4. The summed E-state index contributed by atoms with van der Waals surface area (Å²) in [7, 11) is 1.67. The molecule has 2 aliphatic rings. The minimum absolute atomic E-state index is 0.0116. The second kappa shape index (κ2) is 6.34. The van der Waals surface area contributed by atoms with Gasteiger partial charge in [0, 0.05) is 32.2 Å². The number of carbonyl (C=O) groups excluding carboxylic acids is 2. The molecule has 19 heavy (non-hydrogen) atoms. The van der Waals surface area contributed by atoms with Crippen molar-refractivity contribution in [1.82, 2.24) is 15.1 Å². The molecule has 1 N–H and O–H groups in total. The Balaban J connectivity index is 1.95. The summed E-state index contributed by atoms with van der Waals surface area (Å²) < 4.78 is 5.42. The number of likely N-dealkylation sites (N-methyl/N-ethyl adjacent to an activating group) is 2. The van der Waals surface area contributed by atoms with E-state index in [4.69, 9.17) is 4.74 Å². The zero-order valence-electron chi connectivity index (χ0n) is 11.7. The summed E-state index contributed by atoms with van der Waals surface area (Å²) in [4.78, 5) is 26.8. The summed E-state index contributed by atoms with van der Waals surface area (Å²) in [6.07, 6.45) is 1.02. The van der Waals surface area contributed by atoms with Gasteiger partial charge in [0.25, 0.3) is 0 Å². The Morgan fingerprint density at radius 3 is 2.79 bits per heavy atom. The van der Waals surface area contributed by atoms with Crippen LogP contribution < -0.4 is 5.32 Å². The van der Waals surface area contributed by atoms with E-state index in [1.54, 1.807) is 11.9 Å². The number of ether oxygens (including phenoxy) is 1. The molecule has 0 bridgehead atoms. The second-order valence-electron chi connectivity index (χ2n) is 5.31. The fraction of sp³-hybridized carbons (Fsp3) is 0.846. The van der Waals surface area contributed by atoms with E-state index in [-0.39, 0.29) is 30.9 Å². The van der Waals surface area contributed by atoms with E-state index in [0.717, 1.165) is 26.2 Å². The van der Waals surface area contributed by atoms with Gasteiger partial charge in [0.2, 0.25) is 11.8 Å². The first-order valence-electron chi connectivity index (χ1n) is 6.94. The molecule has 6 heteroatoms. The lowest BCUT2D eigenvalue weighted by atomic mass is 9.98. The minimum Gasteiger partial charge on any atom is -0.381 e. The summed E-state index contributed by atoms with van der Waals surface area (Å²) in [5, 5.41) is 3.42. The topological polar surface area (TPSA) is 61.9 Å². The smallest absolute Gasteiger partial charge is 0.242 e.